The molecule has 2 rings (SSSR count). The number of nitrogens with zero attached hydrogens (tertiary/aromatic N) is 2. The molecule has 2 aromatic heterocycles. The molecule has 19 heavy (non-hydrogen) atoms. The van der Waals surface area contributed by atoms with Crippen LogP contribution < -0.4 is 5.56 Å². The van der Waals surface area contributed by atoms with Crippen molar-refractivity contribution in [3.8, 4) is 0 Å². The molecule has 0 aromatic carbocycles. The normalized spacial score (nSPS) is 11.1. The zero-order chi connectivity index (χ0) is 14.2. The Hall–Kier alpha value is -1.34. The summed E-state index contributed by atoms with van der Waals surface area (Å²) in [6.07, 6.45) is 1.75. The topological polar surface area (TPSA) is 72.2 Å². The van der Waals surface area contributed by atoms with Gasteiger partial charge in [0.1, 0.15) is 4.83 Å². The lowest BCUT2D eigenvalue weighted by molar-refractivity contribution is -0.137. The molecule has 0 saturated heterocycles. The van der Waals surface area contributed by atoms with E-state index in [4.69, 9.17) is 5.11 Å². The second-order valence-electron chi connectivity index (χ2n) is 4.16. The second-order valence-corrected chi connectivity index (χ2v) is 6.14. The second kappa shape index (κ2) is 5.34. The molecule has 1 N–H and O–H groups in total. The number of fused-ring (bicyclic) bond motifs is 1. The van der Waals surface area contributed by atoms with Crippen molar-refractivity contribution >= 4 is 39.3 Å². The number of aliphatic carboxylic acids is 1. The average Bonchev–Trinajstić information content (AvgIpc) is 2.63. The Labute approximate surface area is 118 Å². The third-order valence-corrected chi connectivity index (χ3v) is 4.76. The number of rotatable bonds is 4. The predicted molar refractivity (Wildman–Crippen MR) is 77.4 cm³/mol. The SMILES string of the molecule is CSc1nc2sc(C)c(C)c2c(=O)n1CCC(=O)O. The van der Waals surface area contributed by atoms with Gasteiger partial charge >= 0.3 is 5.97 Å². The summed E-state index contributed by atoms with van der Waals surface area (Å²) in [4.78, 5) is 29.4. The van der Waals surface area contributed by atoms with Gasteiger partial charge in [0, 0.05) is 11.4 Å². The minimum Gasteiger partial charge on any atom is -0.481 e. The van der Waals surface area contributed by atoms with Gasteiger partial charge in [-0.1, -0.05) is 11.8 Å². The van der Waals surface area contributed by atoms with Crippen molar-refractivity contribution in [2.45, 2.75) is 32.0 Å². The van der Waals surface area contributed by atoms with Crippen LogP contribution in [0.2, 0.25) is 0 Å². The number of carbonyl (C=O) groups is 1. The third-order valence-electron chi connectivity index (χ3n) is 2.99. The minimum atomic E-state index is -0.919. The van der Waals surface area contributed by atoms with E-state index in [0.717, 1.165) is 15.3 Å². The smallest absolute Gasteiger partial charge is 0.305 e. The standard InChI is InChI=1S/C12H14N2O3S2/c1-6-7(2)19-10-9(6)11(17)14(5-4-8(15)16)12(13-10)18-3/h4-5H2,1-3H3,(H,15,16). The summed E-state index contributed by atoms with van der Waals surface area (Å²) in [5, 5.41) is 9.95. The monoisotopic (exact) mass is 298 g/mol. The Morgan fingerprint density at radius 3 is 2.74 bits per heavy atom. The molecule has 7 heteroatoms. The first-order chi connectivity index (χ1) is 8.95. The maximum absolute atomic E-state index is 12.5. The minimum absolute atomic E-state index is 0.0805. The van der Waals surface area contributed by atoms with Crippen molar-refractivity contribution in [2.24, 2.45) is 0 Å². The van der Waals surface area contributed by atoms with Crippen LogP contribution in [0.15, 0.2) is 9.95 Å². The summed E-state index contributed by atoms with van der Waals surface area (Å²) in [6.45, 7) is 4.01. The van der Waals surface area contributed by atoms with Crippen LogP contribution in [0.25, 0.3) is 10.2 Å². The molecular formula is C12H14N2O3S2. The van der Waals surface area contributed by atoms with Gasteiger partial charge in [-0.25, -0.2) is 4.98 Å². The zero-order valence-corrected chi connectivity index (χ0v) is 12.5. The summed E-state index contributed by atoms with van der Waals surface area (Å²) >= 11 is 2.86. The number of carboxylic acids is 1. The summed E-state index contributed by atoms with van der Waals surface area (Å²) < 4.78 is 1.46. The van der Waals surface area contributed by atoms with Crippen molar-refractivity contribution in [3.05, 3.63) is 20.8 Å². The highest BCUT2D eigenvalue weighted by Crippen LogP contribution is 2.27. The predicted octanol–water partition coefficient (Wildman–Crippen LogP) is 2.27. The molecule has 0 spiro atoms. The highest BCUT2D eigenvalue weighted by Gasteiger charge is 2.16. The van der Waals surface area contributed by atoms with Crippen LogP contribution in [-0.2, 0) is 11.3 Å². The Balaban J connectivity index is 2.67. The number of thioether (sulfide) groups is 1. The molecule has 0 fully saturated rings. The molecule has 0 saturated carbocycles. The fourth-order valence-corrected chi connectivity index (χ4v) is 3.52. The number of aromatic nitrogens is 2. The van der Waals surface area contributed by atoms with E-state index in [2.05, 4.69) is 4.98 Å². The number of aryl methyl sites for hydroxylation is 2. The largest absolute Gasteiger partial charge is 0.481 e. The van der Waals surface area contributed by atoms with Crippen LogP contribution >= 0.6 is 23.1 Å². The lowest BCUT2D eigenvalue weighted by atomic mass is 10.2. The van der Waals surface area contributed by atoms with Crippen LogP contribution in [0.3, 0.4) is 0 Å². The Morgan fingerprint density at radius 2 is 2.16 bits per heavy atom. The quantitative estimate of drug-likeness (QED) is 0.692. The lowest BCUT2D eigenvalue weighted by Crippen LogP contribution is -2.24. The van der Waals surface area contributed by atoms with Crippen LogP contribution in [0.4, 0.5) is 0 Å². The highest BCUT2D eigenvalue weighted by atomic mass is 32.2. The molecule has 2 aromatic rings. The molecule has 0 radical (unpaired) electrons. The highest BCUT2D eigenvalue weighted by molar-refractivity contribution is 7.98. The van der Waals surface area contributed by atoms with Gasteiger partial charge in [-0.3, -0.25) is 14.2 Å². The summed E-state index contributed by atoms with van der Waals surface area (Å²) in [5.74, 6) is -0.919. The van der Waals surface area contributed by atoms with E-state index in [1.54, 1.807) is 0 Å². The molecule has 0 aliphatic carbocycles. The van der Waals surface area contributed by atoms with Gasteiger partial charge in [0.25, 0.3) is 5.56 Å². The maximum atomic E-state index is 12.5. The third kappa shape index (κ3) is 2.52. The fourth-order valence-electron chi connectivity index (χ4n) is 1.87. The van der Waals surface area contributed by atoms with Crippen molar-refractivity contribution in [1.29, 1.82) is 0 Å². The van der Waals surface area contributed by atoms with E-state index in [1.165, 1.54) is 27.7 Å². The Bertz CT molecular complexity index is 703. The first-order valence-corrected chi connectivity index (χ1v) is 7.76. The number of thiophene rings is 1. The average molecular weight is 298 g/mol. The van der Waals surface area contributed by atoms with Gasteiger partial charge in [-0.05, 0) is 25.7 Å². The van der Waals surface area contributed by atoms with Gasteiger partial charge in [0.2, 0.25) is 0 Å². The van der Waals surface area contributed by atoms with E-state index < -0.39 is 5.97 Å². The molecule has 0 amide bonds. The van der Waals surface area contributed by atoms with E-state index >= 15 is 0 Å². The van der Waals surface area contributed by atoms with Gasteiger partial charge in [0.15, 0.2) is 5.16 Å². The van der Waals surface area contributed by atoms with E-state index in [1.807, 2.05) is 20.1 Å². The molecule has 0 aliphatic rings. The molecule has 0 atom stereocenters. The Morgan fingerprint density at radius 1 is 1.47 bits per heavy atom. The maximum Gasteiger partial charge on any atom is 0.305 e. The first-order valence-electron chi connectivity index (χ1n) is 5.72. The number of hydrogen-bond donors (Lipinski definition) is 1. The first kappa shape index (κ1) is 14.1. The number of carboxylic acid groups (broad SMARTS) is 1. The molecule has 0 unspecified atom stereocenters. The van der Waals surface area contributed by atoms with Crippen molar-refractivity contribution in [3.63, 3.8) is 0 Å². The summed E-state index contributed by atoms with van der Waals surface area (Å²) in [7, 11) is 0. The molecular weight excluding hydrogens is 284 g/mol. The van der Waals surface area contributed by atoms with Gasteiger partial charge in [-0.2, -0.15) is 0 Å². The van der Waals surface area contributed by atoms with Gasteiger partial charge < -0.3 is 5.11 Å². The van der Waals surface area contributed by atoms with Crippen LogP contribution in [0.1, 0.15) is 16.9 Å². The molecule has 102 valence electrons. The molecule has 5 nitrogen and oxygen atoms in total. The van der Waals surface area contributed by atoms with E-state index in [-0.39, 0.29) is 18.5 Å². The van der Waals surface area contributed by atoms with Crippen molar-refractivity contribution in [1.82, 2.24) is 9.55 Å². The van der Waals surface area contributed by atoms with Gasteiger partial charge in [0.05, 0.1) is 11.8 Å². The molecule has 0 bridgehead atoms. The van der Waals surface area contributed by atoms with Crippen LogP contribution in [0.5, 0.6) is 0 Å². The van der Waals surface area contributed by atoms with Crippen LogP contribution in [-0.4, -0.2) is 26.9 Å². The van der Waals surface area contributed by atoms with Crippen LogP contribution in [0, 0.1) is 13.8 Å². The Kier molecular flexibility index (Phi) is 3.96. The van der Waals surface area contributed by atoms with Crippen molar-refractivity contribution in [2.75, 3.05) is 6.26 Å². The lowest BCUT2D eigenvalue weighted by Gasteiger charge is -2.09. The van der Waals surface area contributed by atoms with E-state index in [0.29, 0.717) is 10.5 Å². The van der Waals surface area contributed by atoms with Crippen molar-refractivity contribution < 1.29 is 9.90 Å². The van der Waals surface area contributed by atoms with E-state index in [9.17, 15) is 9.59 Å². The zero-order valence-electron chi connectivity index (χ0n) is 10.9. The molecule has 0 aliphatic heterocycles. The summed E-state index contributed by atoms with van der Waals surface area (Å²) in [6, 6.07) is 0. The molecule has 2 heterocycles. The fraction of sp³-hybridized carbons (Fsp3) is 0.417. The number of hydrogen-bond acceptors (Lipinski definition) is 5. The van der Waals surface area contributed by atoms with Gasteiger partial charge in [-0.15, -0.1) is 11.3 Å². The summed E-state index contributed by atoms with van der Waals surface area (Å²) in [5.41, 5.74) is 0.798.